The first-order valence-corrected chi connectivity index (χ1v) is 7.58. The molecule has 0 amide bonds. The van der Waals surface area contributed by atoms with Crippen molar-refractivity contribution in [2.75, 3.05) is 0 Å². The number of nitrogens with zero attached hydrogens (tertiary/aromatic N) is 2. The summed E-state index contributed by atoms with van der Waals surface area (Å²) in [6.07, 6.45) is 2.75. The Kier molecular flexibility index (Phi) is 4.72. The van der Waals surface area contributed by atoms with Crippen LogP contribution in [0.3, 0.4) is 0 Å². The number of H-pyrrole nitrogens is 1. The number of nitro benzene ring substituents is 1. The summed E-state index contributed by atoms with van der Waals surface area (Å²) in [5, 5.41) is 11.5. The van der Waals surface area contributed by atoms with Crippen LogP contribution in [0.25, 0.3) is 10.9 Å². The minimum atomic E-state index is -0.448. The molecule has 2 rings (SSSR count). The van der Waals surface area contributed by atoms with Crippen LogP contribution in [0, 0.1) is 16.0 Å². The molecule has 2 aromatic rings. The highest BCUT2D eigenvalue weighted by Gasteiger charge is 2.20. The maximum Gasteiger partial charge on any atom is 0.273 e. The maximum absolute atomic E-state index is 11.7. The van der Waals surface area contributed by atoms with E-state index in [1.54, 1.807) is 6.07 Å². The molecule has 1 atom stereocenters. The molecule has 21 heavy (non-hydrogen) atoms. The second-order valence-electron chi connectivity index (χ2n) is 5.42. The third kappa shape index (κ3) is 3.66. The van der Waals surface area contributed by atoms with E-state index in [0.717, 1.165) is 6.42 Å². The van der Waals surface area contributed by atoms with Gasteiger partial charge in [0.15, 0.2) is 0 Å². The molecule has 0 aliphatic heterocycles. The molecule has 0 aliphatic rings. The Morgan fingerprint density at radius 1 is 1.43 bits per heavy atom. The van der Waals surface area contributed by atoms with Crippen molar-refractivity contribution in [3.05, 3.63) is 44.5 Å². The summed E-state index contributed by atoms with van der Waals surface area (Å²) in [6, 6.07) is 2.95. The van der Waals surface area contributed by atoms with Crippen LogP contribution in [-0.2, 0) is 6.42 Å². The first-order valence-electron chi connectivity index (χ1n) is 6.67. The molecule has 1 aromatic heterocycles. The fourth-order valence-electron chi connectivity index (χ4n) is 2.31. The lowest BCUT2D eigenvalue weighted by atomic mass is 10.00. The molecule has 1 unspecified atom stereocenters. The van der Waals surface area contributed by atoms with Crippen molar-refractivity contribution in [3.63, 3.8) is 0 Å². The lowest BCUT2D eigenvalue weighted by molar-refractivity contribution is -0.385. The van der Waals surface area contributed by atoms with Gasteiger partial charge in [-0.2, -0.15) is 0 Å². The summed E-state index contributed by atoms with van der Waals surface area (Å²) in [6.45, 7) is 4.20. The molecule has 0 saturated carbocycles. The van der Waals surface area contributed by atoms with E-state index in [1.807, 2.05) is 0 Å². The summed E-state index contributed by atoms with van der Waals surface area (Å²) in [7, 11) is 0. The molecular weight excluding hydrogens is 338 g/mol. The largest absolute Gasteiger partial charge is 0.313 e. The molecule has 1 aromatic carbocycles. The number of nitro groups is 1. The van der Waals surface area contributed by atoms with Crippen LogP contribution in [-0.4, -0.2) is 19.7 Å². The second kappa shape index (κ2) is 6.34. The highest BCUT2D eigenvalue weighted by Crippen LogP contribution is 2.27. The smallest absolute Gasteiger partial charge is 0.273 e. The molecule has 0 bridgehead atoms. The third-order valence-electron chi connectivity index (χ3n) is 3.21. The minimum absolute atomic E-state index is 0.0331. The fourth-order valence-corrected chi connectivity index (χ4v) is 3.41. The van der Waals surface area contributed by atoms with E-state index in [9.17, 15) is 14.9 Å². The van der Waals surface area contributed by atoms with Crippen LogP contribution in [0.4, 0.5) is 5.69 Å². The van der Waals surface area contributed by atoms with Gasteiger partial charge < -0.3 is 4.98 Å². The molecule has 0 radical (unpaired) electrons. The Labute approximate surface area is 129 Å². The predicted octanol–water partition coefficient (Wildman–Crippen LogP) is 3.18. The molecule has 7 heteroatoms. The van der Waals surface area contributed by atoms with Gasteiger partial charge in [0.1, 0.15) is 0 Å². The zero-order chi connectivity index (χ0) is 15.6. The zero-order valence-corrected chi connectivity index (χ0v) is 13.4. The van der Waals surface area contributed by atoms with Gasteiger partial charge in [-0.05, 0) is 24.8 Å². The number of rotatable bonds is 5. The van der Waals surface area contributed by atoms with Crippen LogP contribution >= 0.6 is 15.9 Å². The minimum Gasteiger partial charge on any atom is -0.313 e. The van der Waals surface area contributed by atoms with Gasteiger partial charge in [-0.15, -0.1) is 0 Å². The number of hydrogen-bond acceptors (Lipinski definition) is 4. The van der Waals surface area contributed by atoms with Gasteiger partial charge in [-0.3, -0.25) is 14.9 Å². The average Bonchev–Trinajstić information content (AvgIpc) is 2.37. The fraction of sp³-hybridized carbons (Fsp3) is 0.429. The summed E-state index contributed by atoms with van der Waals surface area (Å²) in [5.74, 6) is 0.495. The summed E-state index contributed by atoms with van der Waals surface area (Å²) < 4.78 is 0. The number of nitrogens with one attached hydrogen (secondary N) is 1. The summed E-state index contributed by atoms with van der Waals surface area (Å²) >= 11 is 3.57. The number of alkyl halides is 1. The quantitative estimate of drug-likeness (QED) is 0.507. The molecular formula is C14H16BrN3O3. The molecule has 0 aliphatic carbocycles. The second-order valence-corrected chi connectivity index (χ2v) is 6.71. The highest BCUT2D eigenvalue weighted by molar-refractivity contribution is 9.09. The SMILES string of the molecule is CC(C)CC(Br)Cc1cc2nc[nH]c(=O)c2cc1[N+](=O)[O-]. The Hall–Kier alpha value is -1.76. The van der Waals surface area contributed by atoms with Gasteiger partial charge in [-0.25, -0.2) is 4.98 Å². The van der Waals surface area contributed by atoms with Crippen LogP contribution < -0.4 is 5.56 Å². The van der Waals surface area contributed by atoms with Crippen molar-refractivity contribution in [1.29, 1.82) is 0 Å². The van der Waals surface area contributed by atoms with Crippen molar-refractivity contribution in [3.8, 4) is 0 Å². The number of hydrogen-bond donors (Lipinski definition) is 1. The van der Waals surface area contributed by atoms with Gasteiger partial charge >= 0.3 is 0 Å². The summed E-state index contributed by atoms with van der Waals surface area (Å²) in [4.78, 5) is 29.1. The topological polar surface area (TPSA) is 88.9 Å². The summed E-state index contributed by atoms with van der Waals surface area (Å²) in [5.41, 5.74) is 0.665. The van der Waals surface area contributed by atoms with E-state index in [0.29, 0.717) is 23.4 Å². The van der Waals surface area contributed by atoms with Gasteiger partial charge in [-0.1, -0.05) is 29.8 Å². The molecule has 0 fully saturated rings. The van der Waals surface area contributed by atoms with Gasteiger partial charge in [0.05, 0.1) is 22.2 Å². The number of benzene rings is 1. The molecule has 1 heterocycles. The van der Waals surface area contributed by atoms with E-state index in [-0.39, 0.29) is 21.5 Å². The van der Waals surface area contributed by atoms with Crippen LogP contribution in [0.1, 0.15) is 25.8 Å². The Morgan fingerprint density at radius 3 is 2.76 bits per heavy atom. The Balaban J connectivity index is 2.48. The molecule has 6 nitrogen and oxygen atoms in total. The lowest BCUT2D eigenvalue weighted by Gasteiger charge is -2.12. The Bertz CT molecular complexity index is 727. The average molecular weight is 354 g/mol. The maximum atomic E-state index is 11.7. The van der Waals surface area contributed by atoms with E-state index < -0.39 is 4.92 Å². The predicted molar refractivity (Wildman–Crippen MR) is 84.9 cm³/mol. The van der Waals surface area contributed by atoms with Gasteiger partial charge in [0, 0.05) is 16.5 Å². The number of halogens is 1. The lowest BCUT2D eigenvalue weighted by Crippen LogP contribution is -2.11. The molecule has 0 spiro atoms. The van der Waals surface area contributed by atoms with Crippen molar-refractivity contribution in [2.24, 2.45) is 5.92 Å². The van der Waals surface area contributed by atoms with Crippen LogP contribution in [0.15, 0.2) is 23.3 Å². The van der Waals surface area contributed by atoms with E-state index >= 15 is 0 Å². The first-order chi connectivity index (χ1) is 9.88. The zero-order valence-electron chi connectivity index (χ0n) is 11.8. The number of fused-ring (bicyclic) bond motifs is 1. The van der Waals surface area contributed by atoms with Crippen LogP contribution in [0.2, 0.25) is 0 Å². The number of aromatic nitrogens is 2. The monoisotopic (exact) mass is 353 g/mol. The van der Waals surface area contributed by atoms with E-state index in [2.05, 4.69) is 39.7 Å². The normalized spacial score (nSPS) is 12.8. The van der Waals surface area contributed by atoms with Crippen molar-refractivity contribution in [1.82, 2.24) is 9.97 Å². The molecule has 112 valence electrons. The van der Waals surface area contributed by atoms with Crippen molar-refractivity contribution in [2.45, 2.75) is 31.5 Å². The first kappa shape index (κ1) is 15.6. The van der Waals surface area contributed by atoms with Crippen LogP contribution in [0.5, 0.6) is 0 Å². The van der Waals surface area contributed by atoms with E-state index in [4.69, 9.17) is 0 Å². The van der Waals surface area contributed by atoms with Crippen molar-refractivity contribution >= 4 is 32.5 Å². The standard InChI is InChI=1S/C14H16BrN3O3/c1-8(2)3-10(15)4-9-5-12-11(6-13(9)18(20)21)14(19)17-7-16-12/h5-8,10H,3-4H2,1-2H3,(H,16,17,19). The highest BCUT2D eigenvalue weighted by atomic mass is 79.9. The number of aromatic amines is 1. The Morgan fingerprint density at radius 2 is 2.14 bits per heavy atom. The van der Waals surface area contributed by atoms with Gasteiger partial charge in [0.2, 0.25) is 0 Å². The molecule has 1 N–H and O–H groups in total. The van der Waals surface area contributed by atoms with Gasteiger partial charge in [0.25, 0.3) is 11.2 Å². The molecule has 0 saturated heterocycles. The third-order valence-corrected chi connectivity index (χ3v) is 3.90. The van der Waals surface area contributed by atoms with E-state index in [1.165, 1.54) is 12.4 Å². The van der Waals surface area contributed by atoms with Crippen molar-refractivity contribution < 1.29 is 4.92 Å².